The molecule has 3 aromatic rings. The van der Waals surface area contributed by atoms with Crippen LogP contribution in [0, 0.1) is 0 Å². The van der Waals surface area contributed by atoms with Crippen LogP contribution in [0.2, 0.25) is 5.15 Å². The molecule has 0 unspecified atom stereocenters. The molecule has 30 heavy (non-hydrogen) atoms. The van der Waals surface area contributed by atoms with Crippen LogP contribution in [0.15, 0.2) is 36.7 Å². The lowest BCUT2D eigenvalue weighted by atomic mass is 9.95. The van der Waals surface area contributed by atoms with E-state index >= 15 is 0 Å². The number of amides is 1. The maximum absolute atomic E-state index is 14.6. The van der Waals surface area contributed by atoms with E-state index in [-0.39, 0.29) is 17.9 Å². The van der Waals surface area contributed by atoms with Gasteiger partial charge in [-0.3, -0.25) is 4.79 Å². The van der Waals surface area contributed by atoms with Crippen molar-refractivity contribution in [1.82, 2.24) is 14.6 Å². The van der Waals surface area contributed by atoms with Crippen molar-refractivity contribution < 1.29 is 9.18 Å². The van der Waals surface area contributed by atoms with Gasteiger partial charge in [0.2, 0.25) is 5.91 Å². The van der Waals surface area contributed by atoms with Crippen LogP contribution in [0.3, 0.4) is 0 Å². The maximum Gasteiger partial charge on any atom is 0.237 e. The Morgan fingerprint density at radius 3 is 2.77 bits per heavy atom. The first-order valence-corrected chi connectivity index (χ1v) is 11.0. The van der Waals surface area contributed by atoms with Gasteiger partial charge in [-0.1, -0.05) is 23.7 Å². The second-order valence-electron chi connectivity index (χ2n) is 9.47. The third kappa shape index (κ3) is 2.31. The fraction of sp³-hybridized carbons (Fsp3) is 0.435. The van der Waals surface area contributed by atoms with Crippen molar-refractivity contribution >= 4 is 28.8 Å². The fourth-order valence-corrected chi connectivity index (χ4v) is 5.52. The summed E-state index contributed by atoms with van der Waals surface area (Å²) < 4.78 is 16.3. The van der Waals surface area contributed by atoms with Crippen LogP contribution in [0.1, 0.15) is 60.6 Å². The molecule has 0 N–H and O–H groups in total. The van der Waals surface area contributed by atoms with Crippen LogP contribution >= 0.6 is 11.6 Å². The van der Waals surface area contributed by atoms with Crippen LogP contribution in [-0.2, 0) is 10.2 Å². The average Bonchev–Trinajstić information content (AvgIpc) is 3.65. The van der Waals surface area contributed by atoms with Gasteiger partial charge < -0.3 is 4.90 Å². The first-order valence-electron chi connectivity index (χ1n) is 10.6. The normalized spacial score (nSPS) is 27.0. The Morgan fingerprint density at radius 1 is 1.17 bits per heavy atom. The number of anilines is 1. The van der Waals surface area contributed by atoms with Gasteiger partial charge in [-0.15, -0.1) is 0 Å². The van der Waals surface area contributed by atoms with Gasteiger partial charge in [-0.2, -0.15) is 5.10 Å². The maximum atomic E-state index is 14.6. The summed E-state index contributed by atoms with van der Waals surface area (Å²) >= 11 is 6.22. The summed E-state index contributed by atoms with van der Waals surface area (Å²) in [4.78, 5) is 19.3. The van der Waals surface area contributed by atoms with Crippen molar-refractivity contribution in [3.05, 3.63) is 58.5 Å². The van der Waals surface area contributed by atoms with Crippen molar-refractivity contribution in [1.29, 1.82) is 0 Å². The Hall–Kier alpha value is -2.47. The van der Waals surface area contributed by atoms with Crippen LogP contribution in [0.25, 0.3) is 5.65 Å². The molecule has 5 nitrogen and oxygen atoms in total. The van der Waals surface area contributed by atoms with Crippen LogP contribution in [0.5, 0.6) is 0 Å². The molecule has 3 heterocycles. The lowest BCUT2D eigenvalue weighted by Crippen LogP contribution is -2.37. The quantitative estimate of drug-likeness (QED) is 0.620. The Morgan fingerprint density at radius 2 is 2.00 bits per heavy atom. The monoisotopic (exact) mass is 422 g/mol. The summed E-state index contributed by atoms with van der Waals surface area (Å²) in [6.45, 7) is 0.201. The molecule has 152 valence electrons. The number of rotatable bonds is 4. The first kappa shape index (κ1) is 17.2. The third-order valence-electron chi connectivity index (χ3n) is 7.44. The minimum absolute atomic E-state index is 0.103. The number of hydrogen-bond donors (Lipinski definition) is 0. The third-order valence-corrected chi connectivity index (χ3v) is 7.63. The second-order valence-corrected chi connectivity index (χ2v) is 9.85. The van der Waals surface area contributed by atoms with Crippen LogP contribution in [0.4, 0.5) is 10.1 Å². The number of benzene rings is 1. The first-order chi connectivity index (χ1) is 14.5. The van der Waals surface area contributed by atoms with Gasteiger partial charge in [-0.25, -0.2) is 13.9 Å². The summed E-state index contributed by atoms with van der Waals surface area (Å²) in [6, 6.07) is 8.33. The van der Waals surface area contributed by atoms with E-state index in [0.717, 1.165) is 41.7 Å². The van der Waals surface area contributed by atoms with E-state index in [0.29, 0.717) is 29.8 Å². The molecule has 7 heteroatoms. The molecule has 3 saturated carbocycles. The number of fused-ring (bicyclic) bond motifs is 3. The van der Waals surface area contributed by atoms with E-state index in [2.05, 4.69) is 28.3 Å². The van der Waals surface area contributed by atoms with Crippen LogP contribution < -0.4 is 4.90 Å². The molecular weight excluding hydrogens is 403 g/mol. The Kier molecular flexibility index (Phi) is 3.11. The highest BCUT2D eigenvalue weighted by Crippen LogP contribution is 2.61. The zero-order valence-electron chi connectivity index (χ0n) is 16.3. The standard InChI is InChI=1S/C23H20ClFN4O/c24-19-11-16(20-26-7-8-29(20)27-19)15-10-14(15)13-1-2-17-18(9-13)28(12-22(25)3-4-22)21(30)23(17)5-6-23/h1-2,7-9,11,14-15H,3-6,10,12H2/t14-,15+/m1/s1. The van der Waals surface area contributed by atoms with E-state index < -0.39 is 5.67 Å². The van der Waals surface area contributed by atoms with Gasteiger partial charge in [0, 0.05) is 23.6 Å². The molecule has 0 saturated heterocycles. The highest BCUT2D eigenvalue weighted by molar-refractivity contribution is 6.29. The topological polar surface area (TPSA) is 50.5 Å². The smallest absolute Gasteiger partial charge is 0.237 e. The summed E-state index contributed by atoms with van der Waals surface area (Å²) in [6.07, 6.45) is 7.44. The van der Waals surface area contributed by atoms with Gasteiger partial charge in [-0.05, 0) is 67.2 Å². The molecule has 3 aliphatic carbocycles. The van der Waals surface area contributed by atoms with Crippen molar-refractivity contribution in [2.24, 2.45) is 0 Å². The second kappa shape index (κ2) is 5.41. The molecule has 2 aromatic heterocycles. The van der Waals surface area contributed by atoms with E-state index in [1.165, 1.54) is 5.56 Å². The Bertz CT molecular complexity index is 1250. The predicted octanol–water partition coefficient (Wildman–Crippen LogP) is 4.53. The van der Waals surface area contributed by atoms with Crippen molar-refractivity contribution in [2.75, 3.05) is 11.4 Å². The number of nitrogens with zero attached hydrogens (tertiary/aromatic N) is 4. The average molecular weight is 423 g/mol. The Labute approximate surface area is 177 Å². The summed E-state index contributed by atoms with van der Waals surface area (Å²) in [5.41, 5.74) is 3.63. The number of hydrogen-bond acceptors (Lipinski definition) is 3. The zero-order chi connectivity index (χ0) is 20.3. The molecule has 3 fully saturated rings. The molecule has 1 aliphatic heterocycles. The minimum atomic E-state index is -1.19. The van der Waals surface area contributed by atoms with Gasteiger partial charge >= 0.3 is 0 Å². The Balaban J connectivity index is 1.25. The zero-order valence-corrected chi connectivity index (χ0v) is 17.1. The lowest BCUT2D eigenvalue weighted by Gasteiger charge is -2.20. The van der Waals surface area contributed by atoms with E-state index in [4.69, 9.17) is 11.6 Å². The minimum Gasteiger partial charge on any atom is -0.308 e. The van der Waals surface area contributed by atoms with E-state index in [1.807, 2.05) is 6.07 Å². The van der Waals surface area contributed by atoms with Gasteiger partial charge in [0.15, 0.2) is 5.65 Å². The number of carbonyl (C=O) groups excluding carboxylic acids is 1. The summed E-state index contributed by atoms with van der Waals surface area (Å²) in [5, 5.41) is 4.73. The number of alkyl halides is 1. The fourth-order valence-electron chi connectivity index (χ4n) is 5.32. The molecule has 0 bridgehead atoms. The molecule has 4 aliphatic rings. The van der Waals surface area contributed by atoms with Gasteiger partial charge in [0.05, 0.1) is 12.0 Å². The van der Waals surface area contributed by atoms with E-state index in [9.17, 15) is 9.18 Å². The molecule has 7 rings (SSSR count). The lowest BCUT2D eigenvalue weighted by molar-refractivity contribution is -0.120. The number of aromatic nitrogens is 3. The number of imidazole rings is 1. The highest BCUT2D eigenvalue weighted by atomic mass is 35.5. The summed E-state index contributed by atoms with van der Waals surface area (Å²) in [7, 11) is 0. The molecule has 1 aromatic carbocycles. The molecule has 0 radical (unpaired) electrons. The number of halogens is 2. The van der Waals surface area contributed by atoms with Crippen molar-refractivity contribution in [3.63, 3.8) is 0 Å². The largest absolute Gasteiger partial charge is 0.308 e. The molecule has 1 amide bonds. The predicted molar refractivity (Wildman–Crippen MR) is 111 cm³/mol. The SMILES string of the molecule is O=C1N(CC2(F)CC2)c2cc([C@H]3C[C@@H]3c3cc(Cl)nn4ccnc34)ccc2C12CC2. The van der Waals surface area contributed by atoms with Crippen molar-refractivity contribution in [3.8, 4) is 0 Å². The molecule has 1 spiro atoms. The highest BCUT2D eigenvalue weighted by Gasteiger charge is 2.61. The van der Waals surface area contributed by atoms with Crippen molar-refractivity contribution in [2.45, 2.75) is 55.0 Å². The number of carbonyl (C=O) groups is 1. The molecular formula is C23H20ClFN4O. The molecule has 2 atom stereocenters. The van der Waals surface area contributed by atoms with Gasteiger partial charge in [0.25, 0.3) is 0 Å². The summed E-state index contributed by atoms with van der Waals surface area (Å²) in [5.74, 6) is 0.776. The van der Waals surface area contributed by atoms with E-state index in [1.54, 1.807) is 21.8 Å². The van der Waals surface area contributed by atoms with Gasteiger partial charge in [0.1, 0.15) is 10.8 Å². The van der Waals surface area contributed by atoms with Crippen LogP contribution in [-0.4, -0.2) is 32.7 Å².